The third kappa shape index (κ3) is 21.7. The third-order valence-corrected chi connectivity index (χ3v) is 12.5. The summed E-state index contributed by atoms with van der Waals surface area (Å²) in [7, 11) is 0. The molecule has 28 heteroatoms. The van der Waals surface area contributed by atoms with E-state index in [0.717, 1.165) is 10.9 Å². The first-order chi connectivity index (χ1) is 37.2. The topological polar surface area (TPSA) is 471 Å². The summed E-state index contributed by atoms with van der Waals surface area (Å²) in [5, 5.41) is 44.7. The molecule has 28 nitrogen and oxygen atoms in total. The van der Waals surface area contributed by atoms with Gasteiger partial charge in [0.1, 0.15) is 42.3 Å². The maximum atomic E-state index is 14.7. The number of aromatic amines is 1. The van der Waals surface area contributed by atoms with Gasteiger partial charge in [-0.1, -0.05) is 48.5 Å². The Bertz CT molecular complexity index is 2600. The Hall–Kier alpha value is -8.98. The van der Waals surface area contributed by atoms with E-state index < -0.39 is 101 Å². The lowest BCUT2D eigenvalue weighted by molar-refractivity contribution is -0.136. The van der Waals surface area contributed by atoms with E-state index in [0.29, 0.717) is 11.1 Å². The summed E-state index contributed by atoms with van der Waals surface area (Å²) in [6.45, 7) is 1.36. The summed E-state index contributed by atoms with van der Waals surface area (Å²) >= 11 is 0. The van der Waals surface area contributed by atoms with Crippen molar-refractivity contribution in [3.8, 4) is 0 Å². The van der Waals surface area contributed by atoms with Crippen LogP contribution in [0.25, 0.3) is 10.9 Å². The van der Waals surface area contributed by atoms with E-state index in [4.69, 9.17) is 33.8 Å². The monoisotopic (exact) mass is 1090 g/mol. The van der Waals surface area contributed by atoms with Crippen molar-refractivity contribution in [3.63, 3.8) is 0 Å². The predicted octanol–water partition coefficient (Wildman–Crippen LogP) is -3.48. The summed E-state index contributed by atoms with van der Waals surface area (Å²) in [6.07, 6.45) is 0.959. The number of rotatable bonds is 20. The number of urea groups is 1. The van der Waals surface area contributed by atoms with Gasteiger partial charge >= 0.3 is 6.03 Å². The number of guanidine groups is 2. The van der Waals surface area contributed by atoms with E-state index >= 15 is 0 Å². The molecule has 1 aromatic heterocycles. The summed E-state index contributed by atoms with van der Waals surface area (Å²) in [6, 6.07) is 5.22. The average Bonchev–Trinajstić information content (AvgIpc) is 3.80. The van der Waals surface area contributed by atoms with E-state index in [1.807, 2.05) is 18.2 Å². The van der Waals surface area contributed by atoms with Gasteiger partial charge in [0, 0.05) is 69.5 Å². The van der Waals surface area contributed by atoms with Crippen LogP contribution in [0.2, 0.25) is 0 Å². The number of para-hydroxylation sites is 1. The second-order valence-electron chi connectivity index (χ2n) is 18.7. The maximum absolute atomic E-state index is 14.7. The molecule has 4 rings (SSSR count). The smallest absolute Gasteiger partial charge is 0.312 e. The minimum absolute atomic E-state index is 0.0264. The Morgan fingerprint density at radius 2 is 1.21 bits per heavy atom. The second-order valence-corrected chi connectivity index (χ2v) is 18.7. The Labute approximate surface area is 450 Å². The van der Waals surface area contributed by atoms with Crippen molar-refractivity contribution < 1.29 is 47.9 Å². The van der Waals surface area contributed by atoms with Crippen molar-refractivity contribution >= 4 is 82.0 Å². The van der Waals surface area contributed by atoms with Crippen molar-refractivity contribution in [1.82, 2.24) is 63.5 Å². The largest absolute Gasteiger partial charge is 0.370 e. The van der Waals surface area contributed by atoms with Crippen LogP contribution in [0.15, 0.2) is 60.8 Å². The predicted molar refractivity (Wildman–Crippen MR) is 287 cm³/mol. The number of benzene rings is 2. The van der Waals surface area contributed by atoms with E-state index in [-0.39, 0.29) is 115 Å². The quantitative estimate of drug-likeness (QED) is 0.0297. The van der Waals surface area contributed by atoms with Crippen LogP contribution in [0.3, 0.4) is 0 Å². The number of fused-ring (bicyclic) bond motifs is 1. The fourth-order valence-corrected chi connectivity index (χ4v) is 8.50. The summed E-state index contributed by atoms with van der Waals surface area (Å²) in [5.41, 5.74) is 23.9. The molecule has 11 amide bonds. The van der Waals surface area contributed by atoms with Crippen LogP contribution in [0.1, 0.15) is 82.3 Å². The van der Waals surface area contributed by atoms with Gasteiger partial charge in [-0.15, -0.1) is 0 Å². The van der Waals surface area contributed by atoms with Crippen LogP contribution >= 0.6 is 0 Å². The summed E-state index contributed by atoms with van der Waals surface area (Å²) < 4.78 is 0. The lowest BCUT2D eigenvalue weighted by Gasteiger charge is -2.28. The fourth-order valence-electron chi connectivity index (χ4n) is 8.50. The number of aromatic nitrogens is 1. The molecule has 0 bridgehead atoms. The summed E-state index contributed by atoms with van der Waals surface area (Å²) in [5.74, 6) is -7.91. The van der Waals surface area contributed by atoms with Crippen molar-refractivity contribution in [1.29, 1.82) is 10.8 Å². The lowest BCUT2D eigenvalue weighted by Crippen LogP contribution is -2.60. The molecule has 0 aliphatic carbocycles. The molecule has 0 spiro atoms. The Balaban J connectivity index is 1.79. The highest BCUT2D eigenvalue weighted by Crippen LogP contribution is 2.20. The van der Waals surface area contributed by atoms with E-state index in [2.05, 4.69) is 63.5 Å². The zero-order chi connectivity index (χ0) is 57.1. The minimum Gasteiger partial charge on any atom is -0.370 e. The number of nitrogens with one attached hydrogen (secondary N) is 14. The first-order valence-corrected chi connectivity index (χ1v) is 25.6. The molecule has 1 unspecified atom stereocenters. The average molecular weight is 1090 g/mol. The van der Waals surface area contributed by atoms with E-state index in [9.17, 15) is 47.9 Å². The zero-order valence-corrected chi connectivity index (χ0v) is 43.5. The van der Waals surface area contributed by atoms with Crippen LogP contribution in [0.4, 0.5) is 4.79 Å². The van der Waals surface area contributed by atoms with Gasteiger partial charge in [-0.25, -0.2) is 4.79 Å². The number of amides is 11. The van der Waals surface area contributed by atoms with Crippen LogP contribution in [-0.2, 0) is 56.0 Å². The Morgan fingerprint density at radius 1 is 0.654 bits per heavy atom. The van der Waals surface area contributed by atoms with Gasteiger partial charge in [0.25, 0.3) is 0 Å². The number of hydrogen-bond donors (Lipinski definition) is 18. The lowest BCUT2D eigenvalue weighted by atomic mass is 10.0. The van der Waals surface area contributed by atoms with Crippen LogP contribution < -0.4 is 81.4 Å². The van der Waals surface area contributed by atoms with Gasteiger partial charge in [0.2, 0.25) is 53.2 Å². The number of H-pyrrole nitrogens is 1. The SMILES string of the molecule is CC(=O)N[C@@H](CCCNC(=N)N)C(=O)N[C@H]1CCC(=O)NCCCC(C(N)=O)NC(=O)[C@H](Cc2c[nH]c3ccccc23)NC(=O)[C@H](CCCNC(=N)N)NC(=O)[C@@H](Cc2ccccc2)NC(=O)[C@H](CCCNC(N)=O)NC1=O. The van der Waals surface area contributed by atoms with Crippen molar-refractivity contribution in [2.45, 2.75) is 126 Å². The van der Waals surface area contributed by atoms with Gasteiger partial charge in [0.15, 0.2) is 11.9 Å². The molecule has 1 aliphatic heterocycles. The molecule has 78 heavy (non-hydrogen) atoms. The highest BCUT2D eigenvalue weighted by atomic mass is 16.2. The molecule has 0 radical (unpaired) electrons. The van der Waals surface area contributed by atoms with Crippen LogP contribution in [0, 0.1) is 10.8 Å². The van der Waals surface area contributed by atoms with Crippen molar-refractivity contribution in [2.75, 3.05) is 26.2 Å². The third-order valence-electron chi connectivity index (χ3n) is 12.5. The molecule has 424 valence electrons. The molecule has 7 atom stereocenters. The molecule has 2 heterocycles. The minimum atomic E-state index is -1.53. The highest BCUT2D eigenvalue weighted by Gasteiger charge is 2.35. The van der Waals surface area contributed by atoms with Gasteiger partial charge < -0.3 is 86.4 Å². The molecular formula is C50H74N18O10. The first-order valence-electron chi connectivity index (χ1n) is 25.6. The number of hydrogen-bond acceptors (Lipinski definition) is 12. The second kappa shape index (κ2) is 31.8. The zero-order valence-electron chi connectivity index (χ0n) is 43.5. The first kappa shape index (κ1) is 61.6. The van der Waals surface area contributed by atoms with Crippen molar-refractivity contribution in [2.24, 2.45) is 22.9 Å². The van der Waals surface area contributed by atoms with Gasteiger partial charge in [-0.3, -0.25) is 54.0 Å². The van der Waals surface area contributed by atoms with E-state index in [1.165, 1.54) is 6.92 Å². The molecule has 1 saturated heterocycles. The van der Waals surface area contributed by atoms with Gasteiger partial charge in [0.05, 0.1) is 0 Å². The fraction of sp³-hybridized carbons (Fsp3) is 0.480. The Morgan fingerprint density at radius 3 is 1.82 bits per heavy atom. The molecule has 22 N–H and O–H groups in total. The van der Waals surface area contributed by atoms with E-state index in [1.54, 1.807) is 42.6 Å². The Kier molecular flexibility index (Phi) is 25.1. The van der Waals surface area contributed by atoms with Crippen LogP contribution in [-0.4, -0.2) is 145 Å². The number of carbonyl (C=O) groups excluding carboxylic acids is 10. The summed E-state index contributed by atoms with van der Waals surface area (Å²) in [4.78, 5) is 140. The van der Waals surface area contributed by atoms with Crippen LogP contribution in [0.5, 0.6) is 0 Å². The molecular weight excluding hydrogens is 1010 g/mol. The number of carbonyl (C=O) groups is 10. The highest BCUT2D eigenvalue weighted by molar-refractivity contribution is 5.98. The van der Waals surface area contributed by atoms with Gasteiger partial charge in [-0.05, 0) is 75.0 Å². The number of primary amides is 2. The standard InChI is InChI=1S/C50H74N18O10/c1-28(69)62-34(16-8-22-58-48(52)53)42(72)66-37-19-20-40(70)57-21-7-15-33(41(51)71)63-47(77)39(26-30-27-61-32-14-6-5-13-31(30)32)68-44(74)36(17-9-23-59-49(54)55)65-46(76)38(25-29-11-3-2-4-12-29)67-43(73)35(64-45(37)75)18-10-24-60-50(56)78/h2-6,11-14,27,33-39,61H,7-10,15-26H2,1H3,(H2,51,71)(H,57,70)(H,62,69)(H,63,77)(H,64,75)(H,65,76)(H,66,72)(H,67,73)(H,68,74)(H4,52,53,58)(H4,54,55,59)(H3,56,60,78)/t33?,34-,35-,36-,37-,38+,39-/m0/s1. The normalized spacial score (nSPS) is 20.6. The molecule has 3 aromatic rings. The van der Waals surface area contributed by atoms with Gasteiger partial charge in [-0.2, -0.15) is 0 Å². The van der Waals surface area contributed by atoms with Crippen molar-refractivity contribution in [3.05, 3.63) is 71.9 Å². The molecule has 0 saturated carbocycles. The maximum Gasteiger partial charge on any atom is 0.312 e. The molecule has 2 aromatic carbocycles. The number of nitrogens with two attached hydrogens (primary N) is 4. The molecule has 1 fully saturated rings. The molecule has 1 aliphatic rings.